The second-order valence-corrected chi connectivity index (χ2v) is 5.83. The van der Waals surface area contributed by atoms with Gasteiger partial charge in [-0.25, -0.2) is 0 Å². The Morgan fingerprint density at radius 3 is 1.81 bits per heavy atom. The van der Waals surface area contributed by atoms with E-state index in [4.69, 9.17) is 0 Å². The molecule has 0 saturated heterocycles. The van der Waals surface area contributed by atoms with E-state index in [1.807, 2.05) is 0 Å². The summed E-state index contributed by atoms with van der Waals surface area (Å²) in [5.74, 6) is 3.39. The van der Waals surface area contributed by atoms with Gasteiger partial charge in [0.05, 0.1) is 0 Å². The smallest absolute Gasteiger partial charge is 0.140 e. The minimum atomic E-state index is 0.322. The Morgan fingerprint density at radius 2 is 1.38 bits per heavy atom. The Kier molecular flexibility index (Phi) is 2.31. The molecule has 86 valence electrons. The van der Waals surface area contributed by atoms with Gasteiger partial charge in [0.15, 0.2) is 0 Å². The molecule has 3 rings (SSSR count). The van der Waals surface area contributed by atoms with Gasteiger partial charge in [-0.05, 0) is 36.5 Å². The number of carbonyl (C=O) groups excluding carboxylic acids is 1. The minimum absolute atomic E-state index is 0.322. The van der Waals surface area contributed by atoms with Crippen LogP contribution in [0, 0.1) is 35.5 Å². The van der Waals surface area contributed by atoms with Crippen molar-refractivity contribution in [3.8, 4) is 0 Å². The van der Waals surface area contributed by atoms with E-state index in [2.05, 4.69) is 38.2 Å². The average molecular weight is 216 g/mol. The van der Waals surface area contributed by atoms with Gasteiger partial charge in [0.1, 0.15) is 5.78 Å². The molecule has 0 bridgehead atoms. The number of rotatable bonds is 0. The zero-order valence-corrected chi connectivity index (χ0v) is 10.1. The molecule has 3 aliphatic carbocycles. The van der Waals surface area contributed by atoms with E-state index in [0.717, 1.165) is 12.8 Å². The third-order valence-corrected chi connectivity index (χ3v) is 4.96. The van der Waals surface area contributed by atoms with Crippen LogP contribution in [-0.4, -0.2) is 5.78 Å². The van der Waals surface area contributed by atoms with Gasteiger partial charge < -0.3 is 0 Å². The molecule has 6 atom stereocenters. The van der Waals surface area contributed by atoms with Gasteiger partial charge in [-0.3, -0.25) is 4.79 Å². The maximum Gasteiger partial charge on any atom is 0.140 e. The lowest BCUT2D eigenvalue weighted by Crippen LogP contribution is -2.26. The van der Waals surface area contributed by atoms with Crippen molar-refractivity contribution in [2.75, 3.05) is 0 Å². The van der Waals surface area contributed by atoms with E-state index in [9.17, 15) is 4.79 Å². The molecule has 0 aliphatic heterocycles. The summed E-state index contributed by atoms with van der Waals surface area (Å²) >= 11 is 0. The lowest BCUT2D eigenvalue weighted by atomic mass is 9.73. The fraction of sp³-hybridized carbons (Fsp3) is 0.667. The van der Waals surface area contributed by atoms with Crippen LogP contribution in [0.3, 0.4) is 0 Å². The summed E-state index contributed by atoms with van der Waals surface area (Å²) in [4.78, 5) is 12.5. The Hall–Kier alpha value is -0.850. The first-order valence-electron chi connectivity index (χ1n) is 6.57. The predicted octanol–water partition coefficient (Wildman–Crippen LogP) is 3.23. The molecule has 1 heteroatoms. The fourth-order valence-electron chi connectivity index (χ4n) is 4.26. The third kappa shape index (κ3) is 1.27. The van der Waals surface area contributed by atoms with Gasteiger partial charge in [0.2, 0.25) is 0 Å². The normalized spacial score (nSPS) is 50.2. The predicted molar refractivity (Wildman–Crippen MR) is 64.8 cm³/mol. The molecule has 1 nitrogen and oxygen atoms in total. The number of hydrogen-bond donors (Lipinski definition) is 0. The maximum atomic E-state index is 12.5. The molecule has 0 aromatic rings. The van der Waals surface area contributed by atoms with Crippen molar-refractivity contribution >= 4 is 5.78 Å². The van der Waals surface area contributed by atoms with E-state index in [-0.39, 0.29) is 0 Å². The van der Waals surface area contributed by atoms with Gasteiger partial charge in [0, 0.05) is 11.8 Å². The second kappa shape index (κ2) is 3.58. The number of ketones is 1. The van der Waals surface area contributed by atoms with Crippen molar-refractivity contribution in [1.82, 2.24) is 0 Å². The number of fused-ring (bicyclic) bond motifs is 3. The van der Waals surface area contributed by atoms with Crippen LogP contribution in [0.4, 0.5) is 0 Å². The van der Waals surface area contributed by atoms with E-state index >= 15 is 0 Å². The topological polar surface area (TPSA) is 17.1 Å². The van der Waals surface area contributed by atoms with Crippen LogP contribution >= 0.6 is 0 Å². The second-order valence-electron chi connectivity index (χ2n) is 5.83. The SMILES string of the molecule is C[C@H]1C=CC[C@H]2[C@@H]3CC=C[C@H](C)[C@H]3C(=O)[C@@H]21. The minimum Gasteiger partial charge on any atom is -0.299 e. The van der Waals surface area contributed by atoms with Crippen LogP contribution < -0.4 is 0 Å². The summed E-state index contributed by atoms with van der Waals surface area (Å²) in [7, 11) is 0. The maximum absolute atomic E-state index is 12.5. The van der Waals surface area contributed by atoms with E-state index in [0.29, 0.717) is 41.3 Å². The Morgan fingerprint density at radius 1 is 0.938 bits per heavy atom. The highest BCUT2D eigenvalue weighted by Gasteiger charge is 2.52. The van der Waals surface area contributed by atoms with E-state index in [1.54, 1.807) is 0 Å². The van der Waals surface area contributed by atoms with Crippen molar-refractivity contribution in [2.24, 2.45) is 35.5 Å². The van der Waals surface area contributed by atoms with Crippen LogP contribution in [0.15, 0.2) is 24.3 Å². The Bertz CT molecular complexity index is 332. The molecule has 1 saturated carbocycles. The number of allylic oxidation sites excluding steroid dienone is 4. The quantitative estimate of drug-likeness (QED) is 0.568. The molecule has 0 aromatic carbocycles. The number of carbonyl (C=O) groups is 1. The summed E-state index contributed by atoms with van der Waals surface area (Å²) in [5.41, 5.74) is 0. The molecule has 3 aliphatic rings. The van der Waals surface area contributed by atoms with Crippen LogP contribution in [0.2, 0.25) is 0 Å². The lowest BCUT2D eigenvalue weighted by Gasteiger charge is -2.31. The van der Waals surface area contributed by atoms with Crippen LogP contribution in [-0.2, 0) is 4.79 Å². The van der Waals surface area contributed by atoms with Gasteiger partial charge in [-0.1, -0.05) is 38.2 Å². The first-order chi connectivity index (χ1) is 7.70. The molecule has 0 radical (unpaired) electrons. The summed E-state index contributed by atoms with van der Waals surface area (Å²) in [6, 6.07) is 0. The molecule has 0 N–H and O–H groups in total. The fourth-order valence-corrected chi connectivity index (χ4v) is 4.26. The first-order valence-corrected chi connectivity index (χ1v) is 6.57. The van der Waals surface area contributed by atoms with Gasteiger partial charge >= 0.3 is 0 Å². The van der Waals surface area contributed by atoms with E-state index < -0.39 is 0 Å². The summed E-state index contributed by atoms with van der Waals surface area (Å²) in [6.45, 7) is 4.42. The Balaban J connectivity index is 1.98. The number of Topliss-reactive ketones (excluding diaryl/α,β-unsaturated/α-hetero) is 1. The van der Waals surface area contributed by atoms with Crippen molar-refractivity contribution in [3.63, 3.8) is 0 Å². The van der Waals surface area contributed by atoms with Gasteiger partial charge in [-0.15, -0.1) is 0 Å². The molecule has 0 heterocycles. The molecule has 0 spiro atoms. The zero-order chi connectivity index (χ0) is 11.3. The highest BCUT2D eigenvalue weighted by atomic mass is 16.1. The average Bonchev–Trinajstić information content (AvgIpc) is 2.56. The largest absolute Gasteiger partial charge is 0.299 e. The monoisotopic (exact) mass is 216 g/mol. The summed E-state index contributed by atoms with van der Waals surface area (Å²) < 4.78 is 0. The lowest BCUT2D eigenvalue weighted by molar-refractivity contribution is -0.126. The van der Waals surface area contributed by atoms with Crippen molar-refractivity contribution < 1.29 is 4.79 Å². The van der Waals surface area contributed by atoms with Crippen LogP contribution in [0.1, 0.15) is 26.7 Å². The molecule has 16 heavy (non-hydrogen) atoms. The molecule has 1 fully saturated rings. The zero-order valence-electron chi connectivity index (χ0n) is 10.1. The molecule has 0 amide bonds. The summed E-state index contributed by atoms with van der Waals surface area (Å²) in [6.07, 6.45) is 11.3. The third-order valence-electron chi connectivity index (χ3n) is 4.96. The summed E-state index contributed by atoms with van der Waals surface area (Å²) in [5, 5.41) is 0. The molecular formula is C15H20O. The van der Waals surface area contributed by atoms with Crippen molar-refractivity contribution in [1.29, 1.82) is 0 Å². The van der Waals surface area contributed by atoms with Crippen molar-refractivity contribution in [3.05, 3.63) is 24.3 Å². The van der Waals surface area contributed by atoms with Crippen LogP contribution in [0.5, 0.6) is 0 Å². The first kappa shape index (κ1) is 10.3. The highest BCUT2D eigenvalue weighted by Crippen LogP contribution is 2.52. The van der Waals surface area contributed by atoms with Gasteiger partial charge in [-0.2, -0.15) is 0 Å². The van der Waals surface area contributed by atoms with Crippen molar-refractivity contribution in [2.45, 2.75) is 26.7 Å². The molecule has 0 aromatic heterocycles. The Labute approximate surface area is 97.6 Å². The van der Waals surface area contributed by atoms with Gasteiger partial charge in [0.25, 0.3) is 0 Å². The molecule has 0 unspecified atom stereocenters. The van der Waals surface area contributed by atoms with Crippen LogP contribution in [0.25, 0.3) is 0 Å². The standard InChI is InChI=1S/C15H20O/c1-9-5-3-7-11-12-8-4-6-10(2)14(12)15(16)13(9)11/h3-6,9-14H,7-8H2,1-2H3/t9-,10-,11-,12-,13+,14+/m0/s1. The van der Waals surface area contributed by atoms with E-state index in [1.165, 1.54) is 0 Å². The number of hydrogen-bond acceptors (Lipinski definition) is 1. The highest BCUT2D eigenvalue weighted by molar-refractivity contribution is 5.87. The molecular weight excluding hydrogens is 196 g/mol.